The number of hydrogen-bond acceptors (Lipinski definition) is 3. The molecule has 1 saturated heterocycles. The highest BCUT2D eigenvalue weighted by atomic mass is 127. The topological polar surface area (TPSA) is 66.0 Å². The molecule has 2 atom stereocenters. The first-order valence-electron chi connectivity index (χ1n) is 8.89. The van der Waals surface area contributed by atoms with Gasteiger partial charge in [-0.1, -0.05) is 6.92 Å². The lowest BCUT2D eigenvalue weighted by Gasteiger charge is -2.23. The van der Waals surface area contributed by atoms with Gasteiger partial charge in [-0.15, -0.1) is 24.0 Å². The SMILES string of the molecule is CCC(C)NC(=NCC(=O)N(C)C)NCCCC1CCCCO1.I. The first kappa shape index (κ1) is 23.4. The van der Waals surface area contributed by atoms with Gasteiger partial charge in [0.25, 0.3) is 0 Å². The minimum Gasteiger partial charge on any atom is -0.378 e. The second kappa shape index (κ2) is 13.7. The number of rotatable bonds is 8. The van der Waals surface area contributed by atoms with Crippen LogP contribution in [0.15, 0.2) is 4.99 Å². The second-order valence-electron chi connectivity index (χ2n) is 6.46. The first-order chi connectivity index (χ1) is 11.0. The van der Waals surface area contributed by atoms with Crippen LogP contribution in [0.3, 0.4) is 0 Å². The van der Waals surface area contributed by atoms with Gasteiger partial charge in [0.15, 0.2) is 5.96 Å². The average molecular weight is 454 g/mol. The smallest absolute Gasteiger partial charge is 0.243 e. The first-order valence-corrected chi connectivity index (χ1v) is 8.89. The number of nitrogens with one attached hydrogen (secondary N) is 2. The molecule has 2 N–H and O–H groups in total. The van der Waals surface area contributed by atoms with Crippen molar-refractivity contribution in [2.75, 3.05) is 33.8 Å². The predicted molar refractivity (Wildman–Crippen MR) is 110 cm³/mol. The van der Waals surface area contributed by atoms with E-state index in [1.54, 1.807) is 19.0 Å². The molecule has 6 nitrogen and oxygen atoms in total. The number of hydrogen-bond donors (Lipinski definition) is 2. The molecule has 142 valence electrons. The molecule has 1 rings (SSSR count). The number of carbonyl (C=O) groups is 1. The van der Waals surface area contributed by atoms with Crippen LogP contribution in [0.4, 0.5) is 0 Å². The highest BCUT2D eigenvalue weighted by Crippen LogP contribution is 2.16. The maximum atomic E-state index is 11.7. The fourth-order valence-corrected chi connectivity index (χ4v) is 2.35. The molecule has 24 heavy (non-hydrogen) atoms. The fourth-order valence-electron chi connectivity index (χ4n) is 2.35. The molecule has 0 saturated carbocycles. The van der Waals surface area contributed by atoms with E-state index in [4.69, 9.17) is 4.74 Å². The van der Waals surface area contributed by atoms with Crippen molar-refractivity contribution < 1.29 is 9.53 Å². The van der Waals surface area contributed by atoms with Crippen LogP contribution in [0.25, 0.3) is 0 Å². The standard InChI is InChI=1S/C17H34N4O2.HI/c1-5-14(2)20-17(19-13-16(22)21(3)4)18-11-8-10-15-9-6-7-12-23-15;/h14-15H,5-13H2,1-4H3,(H2,18,19,20);1H. The molecule has 2 unspecified atom stereocenters. The predicted octanol–water partition coefficient (Wildman–Crippen LogP) is 2.38. The highest BCUT2D eigenvalue weighted by molar-refractivity contribution is 14.0. The van der Waals surface area contributed by atoms with E-state index in [2.05, 4.69) is 29.5 Å². The molecule has 0 aromatic carbocycles. The summed E-state index contributed by atoms with van der Waals surface area (Å²) < 4.78 is 5.75. The van der Waals surface area contributed by atoms with Crippen LogP contribution >= 0.6 is 24.0 Å². The van der Waals surface area contributed by atoms with Gasteiger partial charge in [-0.3, -0.25) is 4.79 Å². The maximum Gasteiger partial charge on any atom is 0.243 e. The second-order valence-corrected chi connectivity index (χ2v) is 6.46. The number of carbonyl (C=O) groups excluding carboxylic acids is 1. The van der Waals surface area contributed by atoms with Crippen molar-refractivity contribution in [1.82, 2.24) is 15.5 Å². The van der Waals surface area contributed by atoms with E-state index in [0.29, 0.717) is 12.1 Å². The number of aliphatic imine (C=N–C) groups is 1. The van der Waals surface area contributed by atoms with Crippen LogP contribution < -0.4 is 10.6 Å². The van der Waals surface area contributed by atoms with E-state index < -0.39 is 0 Å². The Bertz CT molecular complexity index is 372. The Morgan fingerprint density at radius 3 is 2.71 bits per heavy atom. The highest BCUT2D eigenvalue weighted by Gasteiger charge is 2.13. The van der Waals surface area contributed by atoms with E-state index in [1.165, 1.54) is 19.3 Å². The minimum absolute atomic E-state index is 0. The van der Waals surface area contributed by atoms with Gasteiger partial charge in [0.05, 0.1) is 6.10 Å². The summed E-state index contributed by atoms with van der Waals surface area (Å²) >= 11 is 0. The zero-order valence-corrected chi connectivity index (χ0v) is 18.0. The quantitative estimate of drug-likeness (QED) is 0.256. The fraction of sp³-hybridized carbons (Fsp3) is 0.882. The summed E-state index contributed by atoms with van der Waals surface area (Å²) in [6.45, 7) is 6.16. The van der Waals surface area contributed by atoms with Gasteiger partial charge >= 0.3 is 0 Å². The van der Waals surface area contributed by atoms with Crippen LogP contribution in [0.1, 0.15) is 52.4 Å². The lowest BCUT2D eigenvalue weighted by molar-refractivity contribution is -0.127. The monoisotopic (exact) mass is 454 g/mol. The summed E-state index contributed by atoms with van der Waals surface area (Å²) in [5.74, 6) is 0.727. The van der Waals surface area contributed by atoms with Crippen LogP contribution in [0, 0.1) is 0 Å². The van der Waals surface area contributed by atoms with E-state index in [1.807, 2.05) is 0 Å². The van der Waals surface area contributed by atoms with Gasteiger partial charge in [0.1, 0.15) is 6.54 Å². The van der Waals surface area contributed by atoms with E-state index in [0.717, 1.165) is 38.4 Å². The lowest BCUT2D eigenvalue weighted by atomic mass is 10.0. The molecule has 1 aliphatic heterocycles. The molecule has 0 aliphatic carbocycles. The molecular formula is C17H35IN4O2. The molecule has 1 heterocycles. The van der Waals surface area contributed by atoms with Crippen molar-refractivity contribution in [2.45, 2.75) is 64.5 Å². The van der Waals surface area contributed by atoms with Gasteiger partial charge in [-0.05, 0) is 45.4 Å². The van der Waals surface area contributed by atoms with Gasteiger partial charge in [-0.2, -0.15) is 0 Å². The number of ether oxygens (including phenoxy) is 1. The Balaban J connectivity index is 0.00000529. The average Bonchev–Trinajstić information content (AvgIpc) is 2.56. The Hall–Kier alpha value is -0.570. The molecule has 1 fully saturated rings. The van der Waals surface area contributed by atoms with Crippen LogP contribution in [-0.4, -0.2) is 62.7 Å². The Morgan fingerprint density at radius 1 is 1.38 bits per heavy atom. The molecule has 0 bridgehead atoms. The Morgan fingerprint density at radius 2 is 2.12 bits per heavy atom. The third-order valence-electron chi connectivity index (χ3n) is 4.14. The van der Waals surface area contributed by atoms with Gasteiger partial charge < -0.3 is 20.3 Å². The molecule has 1 aliphatic rings. The van der Waals surface area contributed by atoms with Crippen molar-refractivity contribution in [3.05, 3.63) is 0 Å². The van der Waals surface area contributed by atoms with Gasteiger partial charge in [0, 0.05) is 33.3 Å². The van der Waals surface area contributed by atoms with Crippen molar-refractivity contribution in [3.8, 4) is 0 Å². The van der Waals surface area contributed by atoms with Crippen molar-refractivity contribution in [2.24, 2.45) is 4.99 Å². The van der Waals surface area contributed by atoms with Crippen LogP contribution in [0.2, 0.25) is 0 Å². The Kier molecular flexibility index (Phi) is 13.4. The van der Waals surface area contributed by atoms with E-state index in [9.17, 15) is 4.79 Å². The summed E-state index contributed by atoms with van der Waals surface area (Å²) in [5, 5.41) is 6.67. The number of halogens is 1. The number of guanidine groups is 1. The van der Waals surface area contributed by atoms with E-state index >= 15 is 0 Å². The van der Waals surface area contributed by atoms with Gasteiger partial charge in [0.2, 0.25) is 5.91 Å². The number of amides is 1. The van der Waals surface area contributed by atoms with Crippen molar-refractivity contribution in [1.29, 1.82) is 0 Å². The van der Waals surface area contributed by atoms with E-state index in [-0.39, 0.29) is 36.4 Å². The zero-order valence-electron chi connectivity index (χ0n) is 15.6. The summed E-state index contributed by atoms with van der Waals surface area (Å²) in [6.07, 6.45) is 7.23. The molecular weight excluding hydrogens is 419 g/mol. The van der Waals surface area contributed by atoms with Crippen LogP contribution in [0.5, 0.6) is 0 Å². The lowest BCUT2D eigenvalue weighted by Crippen LogP contribution is -2.43. The summed E-state index contributed by atoms with van der Waals surface area (Å²) in [5.41, 5.74) is 0. The zero-order chi connectivity index (χ0) is 17.1. The normalized spacial score (nSPS) is 19.2. The third-order valence-corrected chi connectivity index (χ3v) is 4.14. The summed E-state index contributed by atoms with van der Waals surface area (Å²) in [7, 11) is 3.49. The summed E-state index contributed by atoms with van der Waals surface area (Å²) in [4.78, 5) is 17.6. The summed E-state index contributed by atoms with van der Waals surface area (Å²) in [6, 6.07) is 0.331. The number of nitrogens with zero attached hydrogens (tertiary/aromatic N) is 2. The largest absolute Gasteiger partial charge is 0.378 e. The molecule has 0 aromatic heterocycles. The third kappa shape index (κ3) is 10.3. The molecule has 7 heteroatoms. The van der Waals surface area contributed by atoms with Crippen molar-refractivity contribution >= 4 is 35.8 Å². The van der Waals surface area contributed by atoms with Gasteiger partial charge in [-0.25, -0.2) is 4.99 Å². The van der Waals surface area contributed by atoms with Crippen molar-refractivity contribution in [3.63, 3.8) is 0 Å². The van der Waals surface area contributed by atoms with Crippen LogP contribution in [-0.2, 0) is 9.53 Å². The molecule has 0 aromatic rings. The number of likely N-dealkylation sites (N-methyl/N-ethyl adjacent to an activating group) is 1. The molecule has 0 spiro atoms. The molecule has 1 amide bonds. The Labute approximate surface area is 164 Å². The maximum absolute atomic E-state index is 11.7. The minimum atomic E-state index is 0. The molecule has 0 radical (unpaired) electrons.